The van der Waals surface area contributed by atoms with Gasteiger partial charge in [0, 0.05) is 18.9 Å². The van der Waals surface area contributed by atoms with Crippen molar-refractivity contribution in [3.05, 3.63) is 0 Å². The van der Waals surface area contributed by atoms with Crippen molar-refractivity contribution in [1.82, 2.24) is 4.90 Å². The van der Waals surface area contributed by atoms with Crippen LogP contribution < -0.4 is 5.73 Å². The van der Waals surface area contributed by atoms with E-state index in [1.165, 1.54) is 11.3 Å². The van der Waals surface area contributed by atoms with Gasteiger partial charge in [-0.2, -0.15) is 0 Å². The summed E-state index contributed by atoms with van der Waals surface area (Å²) in [5.74, 6) is -0.0402. The summed E-state index contributed by atoms with van der Waals surface area (Å²) < 4.78 is 0. The molecule has 2 rings (SSSR count). The number of likely N-dealkylation sites (tertiary alicyclic amines) is 1. The summed E-state index contributed by atoms with van der Waals surface area (Å²) in [7, 11) is 0. The first kappa shape index (κ1) is 13.5. The van der Waals surface area contributed by atoms with Crippen molar-refractivity contribution in [2.45, 2.75) is 57.9 Å². The molecule has 18 heavy (non-hydrogen) atoms. The van der Waals surface area contributed by atoms with Crippen molar-refractivity contribution in [2.75, 3.05) is 0 Å². The van der Waals surface area contributed by atoms with Crippen LogP contribution in [-0.4, -0.2) is 27.7 Å². The van der Waals surface area contributed by atoms with Crippen molar-refractivity contribution in [3.8, 4) is 0 Å². The van der Waals surface area contributed by atoms with Crippen LogP contribution in [0.25, 0.3) is 0 Å². The molecule has 1 aliphatic carbocycles. The zero-order valence-corrected chi connectivity index (χ0v) is 11.6. The van der Waals surface area contributed by atoms with Gasteiger partial charge in [-0.3, -0.25) is 14.5 Å². The lowest BCUT2D eigenvalue weighted by Crippen LogP contribution is -2.43. The van der Waals surface area contributed by atoms with Gasteiger partial charge in [0.25, 0.3) is 0 Å². The smallest absolute Gasteiger partial charge is 0.236 e. The van der Waals surface area contributed by atoms with E-state index in [0.29, 0.717) is 17.8 Å². The Morgan fingerprint density at radius 3 is 2.56 bits per heavy atom. The van der Waals surface area contributed by atoms with E-state index in [9.17, 15) is 9.59 Å². The highest BCUT2D eigenvalue weighted by Gasteiger charge is 2.52. The molecule has 0 aromatic rings. The number of amides is 2. The minimum atomic E-state index is -0.403. The molecule has 2 N–H and O–H groups in total. The molecule has 1 atom stereocenters. The van der Waals surface area contributed by atoms with Crippen LogP contribution in [0.4, 0.5) is 0 Å². The molecule has 0 radical (unpaired) electrons. The SMILES string of the molecule is CC(CC(N)=S)N1C(=O)CC2(CCCCC2)C1=O. The first-order chi connectivity index (χ1) is 8.46. The molecule has 0 bridgehead atoms. The molecule has 1 unspecified atom stereocenters. The summed E-state index contributed by atoms with van der Waals surface area (Å²) in [5.41, 5.74) is 5.10. The van der Waals surface area contributed by atoms with Gasteiger partial charge in [-0.15, -0.1) is 0 Å². The molecule has 2 fully saturated rings. The number of carbonyl (C=O) groups is 2. The van der Waals surface area contributed by atoms with E-state index in [2.05, 4.69) is 0 Å². The largest absolute Gasteiger partial charge is 0.393 e. The molecule has 1 heterocycles. The monoisotopic (exact) mass is 268 g/mol. The second-order valence-electron chi connectivity index (χ2n) is 5.61. The van der Waals surface area contributed by atoms with Crippen molar-refractivity contribution < 1.29 is 9.59 Å². The van der Waals surface area contributed by atoms with E-state index < -0.39 is 5.41 Å². The summed E-state index contributed by atoms with van der Waals surface area (Å²) in [5, 5.41) is 0. The van der Waals surface area contributed by atoms with Crippen LogP contribution in [0.3, 0.4) is 0 Å². The Morgan fingerprint density at radius 1 is 1.39 bits per heavy atom. The van der Waals surface area contributed by atoms with Crippen molar-refractivity contribution in [3.63, 3.8) is 0 Å². The third kappa shape index (κ3) is 2.28. The second kappa shape index (κ2) is 4.96. The Balaban J connectivity index is 2.16. The molecule has 1 saturated carbocycles. The van der Waals surface area contributed by atoms with Gasteiger partial charge in [0.1, 0.15) is 0 Å². The lowest BCUT2D eigenvalue weighted by molar-refractivity contribution is -0.144. The number of nitrogens with two attached hydrogens (primary N) is 1. The van der Waals surface area contributed by atoms with Gasteiger partial charge >= 0.3 is 0 Å². The number of hydrogen-bond acceptors (Lipinski definition) is 3. The fraction of sp³-hybridized carbons (Fsp3) is 0.769. The standard InChI is InChI=1S/C13H20N2O2S/c1-9(7-10(14)18)15-11(16)8-13(12(15)17)5-3-2-4-6-13/h9H,2-8H2,1H3,(H2,14,18). The van der Waals surface area contributed by atoms with Crippen molar-refractivity contribution in [1.29, 1.82) is 0 Å². The van der Waals surface area contributed by atoms with Crippen LogP contribution in [0.1, 0.15) is 51.9 Å². The maximum absolute atomic E-state index is 12.5. The highest BCUT2D eigenvalue weighted by atomic mass is 32.1. The molecule has 5 heteroatoms. The minimum Gasteiger partial charge on any atom is -0.393 e. The number of imide groups is 1. The second-order valence-corrected chi connectivity index (χ2v) is 6.13. The summed E-state index contributed by atoms with van der Waals surface area (Å²) in [4.78, 5) is 26.4. The third-order valence-corrected chi connectivity index (χ3v) is 4.35. The molecule has 1 saturated heterocycles. The normalized spacial score (nSPS) is 24.6. The highest BCUT2D eigenvalue weighted by Crippen LogP contribution is 2.45. The van der Waals surface area contributed by atoms with E-state index in [1.807, 2.05) is 6.92 Å². The molecule has 100 valence electrons. The van der Waals surface area contributed by atoms with Gasteiger partial charge < -0.3 is 5.73 Å². The predicted molar refractivity (Wildman–Crippen MR) is 72.9 cm³/mol. The zero-order chi connectivity index (χ0) is 13.3. The van der Waals surface area contributed by atoms with Crippen LogP contribution >= 0.6 is 12.2 Å². The summed E-state index contributed by atoms with van der Waals surface area (Å²) in [6, 6.07) is -0.205. The van der Waals surface area contributed by atoms with Gasteiger partial charge in [-0.1, -0.05) is 31.5 Å². The van der Waals surface area contributed by atoms with Gasteiger partial charge in [-0.05, 0) is 19.8 Å². The van der Waals surface area contributed by atoms with Crippen LogP contribution in [0, 0.1) is 5.41 Å². The predicted octanol–water partition coefficient (Wildman–Crippen LogP) is 1.76. The number of hydrogen-bond donors (Lipinski definition) is 1. The first-order valence-electron chi connectivity index (χ1n) is 6.61. The number of nitrogens with zero attached hydrogens (tertiary/aromatic N) is 1. The molecule has 4 nitrogen and oxygen atoms in total. The Labute approximate surface area is 113 Å². The summed E-state index contributed by atoms with van der Waals surface area (Å²) in [6.45, 7) is 1.84. The zero-order valence-electron chi connectivity index (χ0n) is 10.8. The molecule has 2 aliphatic rings. The molecule has 2 amide bonds. The van der Waals surface area contributed by atoms with Crippen LogP contribution in [0.2, 0.25) is 0 Å². The Kier molecular flexibility index (Phi) is 3.71. The highest BCUT2D eigenvalue weighted by molar-refractivity contribution is 7.80. The Hall–Kier alpha value is -0.970. The average molecular weight is 268 g/mol. The first-order valence-corrected chi connectivity index (χ1v) is 7.02. The van der Waals surface area contributed by atoms with Gasteiger partial charge in [0.2, 0.25) is 11.8 Å². The molecule has 0 aromatic carbocycles. The Bertz CT molecular complexity index is 388. The lowest BCUT2D eigenvalue weighted by atomic mass is 9.73. The number of thiocarbonyl (C=S) groups is 1. The van der Waals surface area contributed by atoms with Crippen molar-refractivity contribution >= 4 is 29.0 Å². The van der Waals surface area contributed by atoms with E-state index in [1.54, 1.807) is 0 Å². The summed E-state index contributed by atoms with van der Waals surface area (Å²) in [6.07, 6.45) is 5.79. The minimum absolute atomic E-state index is 0.0101. The summed E-state index contributed by atoms with van der Waals surface area (Å²) >= 11 is 4.86. The topological polar surface area (TPSA) is 63.4 Å². The fourth-order valence-corrected chi connectivity index (χ4v) is 3.51. The maximum Gasteiger partial charge on any atom is 0.236 e. The molecule has 0 aromatic heterocycles. The molecular weight excluding hydrogens is 248 g/mol. The quantitative estimate of drug-likeness (QED) is 0.626. The maximum atomic E-state index is 12.5. The van der Waals surface area contributed by atoms with E-state index in [4.69, 9.17) is 18.0 Å². The van der Waals surface area contributed by atoms with E-state index >= 15 is 0 Å². The molecule has 1 spiro atoms. The third-order valence-electron chi connectivity index (χ3n) is 4.18. The Morgan fingerprint density at radius 2 is 2.00 bits per heavy atom. The lowest BCUT2D eigenvalue weighted by Gasteiger charge is -2.31. The molecular formula is C13H20N2O2S. The average Bonchev–Trinajstić information content (AvgIpc) is 2.51. The van der Waals surface area contributed by atoms with Gasteiger partial charge in [0.05, 0.1) is 10.4 Å². The van der Waals surface area contributed by atoms with Crippen LogP contribution in [-0.2, 0) is 9.59 Å². The van der Waals surface area contributed by atoms with E-state index in [0.717, 1.165) is 25.7 Å². The number of rotatable bonds is 3. The van der Waals surface area contributed by atoms with Crippen molar-refractivity contribution in [2.24, 2.45) is 11.1 Å². The van der Waals surface area contributed by atoms with Gasteiger partial charge in [0.15, 0.2) is 0 Å². The fourth-order valence-electron chi connectivity index (χ4n) is 3.27. The number of carbonyl (C=O) groups excluding carboxylic acids is 2. The van der Waals surface area contributed by atoms with E-state index in [-0.39, 0.29) is 17.9 Å². The molecule has 1 aliphatic heterocycles. The van der Waals surface area contributed by atoms with Crippen LogP contribution in [0.5, 0.6) is 0 Å². The van der Waals surface area contributed by atoms with Gasteiger partial charge in [-0.25, -0.2) is 0 Å². The van der Waals surface area contributed by atoms with Crippen LogP contribution in [0.15, 0.2) is 0 Å².